The van der Waals surface area contributed by atoms with Gasteiger partial charge in [0.25, 0.3) is 5.91 Å². The number of nitrogen functional groups attached to an aromatic ring is 1. The van der Waals surface area contributed by atoms with Crippen molar-refractivity contribution in [2.45, 2.75) is 19.3 Å². The van der Waals surface area contributed by atoms with E-state index in [0.29, 0.717) is 24.4 Å². The van der Waals surface area contributed by atoms with Crippen molar-refractivity contribution in [3.63, 3.8) is 0 Å². The van der Waals surface area contributed by atoms with Crippen molar-refractivity contribution in [1.29, 1.82) is 0 Å². The number of amides is 1. The zero-order valence-corrected chi connectivity index (χ0v) is 13.9. The van der Waals surface area contributed by atoms with E-state index in [1.807, 2.05) is 31.2 Å². The smallest absolute Gasteiger partial charge is 0.251 e. The van der Waals surface area contributed by atoms with Gasteiger partial charge in [0.2, 0.25) is 0 Å². The highest BCUT2D eigenvalue weighted by Crippen LogP contribution is 2.32. The molecule has 1 atom stereocenters. The maximum Gasteiger partial charge on any atom is 0.251 e. The molecule has 1 amide bonds. The van der Waals surface area contributed by atoms with Crippen LogP contribution in [-0.4, -0.2) is 19.1 Å². The summed E-state index contributed by atoms with van der Waals surface area (Å²) in [6.45, 7) is 3.21. The second-order valence-electron chi connectivity index (χ2n) is 5.66. The first-order chi connectivity index (χ1) is 10.6. The van der Waals surface area contributed by atoms with Crippen LogP contribution in [0, 0.1) is 6.92 Å². The van der Waals surface area contributed by atoms with E-state index in [4.69, 9.17) is 10.5 Å². The number of aryl methyl sites for hydroxylation is 1. The number of carbonyl (C=O) groups is 1. The Hall–Kier alpha value is -2.20. The Kier molecular flexibility index (Phi) is 5.50. The number of benzene rings is 2. The molecule has 3 rings (SSSR count). The molecule has 1 unspecified atom stereocenters. The van der Waals surface area contributed by atoms with Crippen molar-refractivity contribution in [2.75, 3.05) is 18.9 Å². The van der Waals surface area contributed by atoms with Crippen molar-refractivity contribution >= 4 is 24.0 Å². The van der Waals surface area contributed by atoms with Gasteiger partial charge in [-0.05, 0) is 42.7 Å². The van der Waals surface area contributed by atoms with Gasteiger partial charge in [-0.25, -0.2) is 0 Å². The maximum atomic E-state index is 12.4. The van der Waals surface area contributed by atoms with E-state index in [1.165, 1.54) is 5.56 Å². The Morgan fingerprint density at radius 3 is 2.91 bits per heavy atom. The number of hydrogen-bond donors (Lipinski definition) is 2. The number of nitrogens with one attached hydrogen (secondary N) is 1. The molecule has 2 aromatic carbocycles. The molecule has 0 fully saturated rings. The topological polar surface area (TPSA) is 64.4 Å². The third-order valence-corrected chi connectivity index (χ3v) is 4.10. The summed E-state index contributed by atoms with van der Waals surface area (Å²) in [6.07, 6.45) is 0.910. The second-order valence-corrected chi connectivity index (χ2v) is 5.66. The van der Waals surface area contributed by atoms with Gasteiger partial charge >= 0.3 is 0 Å². The minimum Gasteiger partial charge on any atom is -0.493 e. The Labute approximate surface area is 142 Å². The highest BCUT2D eigenvalue weighted by molar-refractivity contribution is 5.96. The van der Waals surface area contributed by atoms with Crippen LogP contribution in [0.4, 0.5) is 5.69 Å². The summed E-state index contributed by atoms with van der Waals surface area (Å²) in [4.78, 5) is 12.4. The summed E-state index contributed by atoms with van der Waals surface area (Å²) in [7, 11) is 0. The van der Waals surface area contributed by atoms with Crippen LogP contribution < -0.4 is 15.8 Å². The van der Waals surface area contributed by atoms with Gasteiger partial charge in [0.05, 0.1) is 6.61 Å². The summed E-state index contributed by atoms with van der Waals surface area (Å²) >= 11 is 0. The fourth-order valence-electron chi connectivity index (χ4n) is 2.82. The molecule has 0 bridgehead atoms. The normalized spacial score (nSPS) is 15.8. The quantitative estimate of drug-likeness (QED) is 0.848. The second kappa shape index (κ2) is 7.38. The predicted molar refractivity (Wildman–Crippen MR) is 94.5 cm³/mol. The summed E-state index contributed by atoms with van der Waals surface area (Å²) in [5.74, 6) is 1.14. The molecular weight excluding hydrogens is 312 g/mol. The summed E-state index contributed by atoms with van der Waals surface area (Å²) in [5.41, 5.74) is 9.11. The number of nitrogens with two attached hydrogens (primary N) is 1. The zero-order chi connectivity index (χ0) is 15.5. The molecule has 1 aliphatic heterocycles. The lowest BCUT2D eigenvalue weighted by molar-refractivity contribution is 0.0947. The van der Waals surface area contributed by atoms with Gasteiger partial charge in [0, 0.05) is 23.7 Å². The van der Waals surface area contributed by atoms with Gasteiger partial charge in [-0.1, -0.05) is 24.3 Å². The highest BCUT2D eigenvalue weighted by atomic mass is 35.5. The fraction of sp³-hybridized carbons (Fsp3) is 0.278. The van der Waals surface area contributed by atoms with Crippen molar-refractivity contribution in [3.05, 3.63) is 59.2 Å². The number of hydrogen-bond acceptors (Lipinski definition) is 3. The molecule has 1 aliphatic rings. The van der Waals surface area contributed by atoms with Gasteiger partial charge in [0.1, 0.15) is 5.75 Å². The summed E-state index contributed by atoms with van der Waals surface area (Å²) in [6, 6.07) is 13.4. The standard InChI is InChI=1S/C18H20N2O2.ClH/c1-12-6-7-14(19)10-16(12)18(21)20-11-13-8-9-22-17-5-3-2-4-15(13)17;/h2-7,10,13H,8-9,11,19H2,1H3,(H,20,21);1H. The van der Waals surface area contributed by atoms with Crippen LogP contribution in [-0.2, 0) is 0 Å². The van der Waals surface area contributed by atoms with Gasteiger partial charge in [-0.15, -0.1) is 12.4 Å². The van der Waals surface area contributed by atoms with E-state index in [0.717, 1.165) is 17.7 Å². The van der Waals surface area contributed by atoms with E-state index in [1.54, 1.807) is 12.1 Å². The first kappa shape index (κ1) is 17.2. The molecular formula is C18H21ClN2O2. The van der Waals surface area contributed by atoms with Crippen molar-refractivity contribution < 1.29 is 9.53 Å². The van der Waals surface area contributed by atoms with E-state index in [9.17, 15) is 4.79 Å². The van der Waals surface area contributed by atoms with Crippen LogP contribution >= 0.6 is 12.4 Å². The lowest BCUT2D eigenvalue weighted by atomic mass is 9.93. The van der Waals surface area contributed by atoms with Crippen LogP contribution in [0.2, 0.25) is 0 Å². The number of rotatable bonds is 3. The van der Waals surface area contributed by atoms with Crippen LogP contribution in [0.25, 0.3) is 0 Å². The Morgan fingerprint density at radius 2 is 2.09 bits per heavy atom. The number of para-hydroxylation sites is 1. The molecule has 2 aromatic rings. The third-order valence-electron chi connectivity index (χ3n) is 4.10. The summed E-state index contributed by atoms with van der Waals surface area (Å²) in [5, 5.41) is 3.03. The molecule has 0 radical (unpaired) electrons. The van der Waals surface area contributed by atoms with E-state index in [-0.39, 0.29) is 24.2 Å². The van der Waals surface area contributed by atoms with Crippen LogP contribution in [0.3, 0.4) is 0 Å². The van der Waals surface area contributed by atoms with Crippen LogP contribution in [0.5, 0.6) is 5.75 Å². The number of anilines is 1. The molecule has 0 saturated heterocycles. The van der Waals surface area contributed by atoms with E-state index >= 15 is 0 Å². The Balaban J connectivity index is 0.00000192. The molecule has 0 spiro atoms. The number of halogens is 1. The Bertz CT molecular complexity index is 703. The minimum absolute atomic E-state index is 0. The molecule has 3 N–H and O–H groups in total. The van der Waals surface area contributed by atoms with Gasteiger partial charge in [0.15, 0.2) is 0 Å². The molecule has 0 aliphatic carbocycles. The van der Waals surface area contributed by atoms with Crippen molar-refractivity contribution in [2.24, 2.45) is 0 Å². The molecule has 122 valence electrons. The van der Waals surface area contributed by atoms with Gasteiger partial charge in [-0.2, -0.15) is 0 Å². The number of carbonyl (C=O) groups excluding carboxylic acids is 1. The molecule has 4 nitrogen and oxygen atoms in total. The fourth-order valence-corrected chi connectivity index (χ4v) is 2.82. The number of fused-ring (bicyclic) bond motifs is 1. The third kappa shape index (κ3) is 3.77. The average molecular weight is 333 g/mol. The molecule has 23 heavy (non-hydrogen) atoms. The van der Waals surface area contributed by atoms with Crippen molar-refractivity contribution in [3.8, 4) is 5.75 Å². The predicted octanol–water partition coefficient (Wildman–Crippen LogP) is 3.30. The lowest BCUT2D eigenvalue weighted by Gasteiger charge is -2.26. The zero-order valence-electron chi connectivity index (χ0n) is 13.0. The van der Waals surface area contributed by atoms with Gasteiger partial charge < -0.3 is 15.8 Å². The van der Waals surface area contributed by atoms with Crippen molar-refractivity contribution in [1.82, 2.24) is 5.32 Å². The monoisotopic (exact) mass is 332 g/mol. The van der Waals surface area contributed by atoms with E-state index in [2.05, 4.69) is 11.4 Å². The molecule has 5 heteroatoms. The van der Waals surface area contributed by atoms with Crippen LogP contribution in [0.15, 0.2) is 42.5 Å². The summed E-state index contributed by atoms with van der Waals surface area (Å²) < 4.78 is 5.65. The largest absolute Gasteiger partial charge is 0.493 e. The maximum absolute atomic E-state index is 12.4. The number of ether oxygens (including phenoxy) is 1. The van der Waals surface area contributed by atoms with Gasteiger partial charge in [-0.3, -0.25) is 4.79 Å². The highest BCUT2D eigenvalue weighted by Gasteiger charge is 2.21. The average Bonchev–Trinajstić information content (AvgIpc) is 2.54. The molecule has 0 aromatic heterocycles. The first-order valence-electron chi connectivity index (χ1n) is 7.51. The molecule has 1 heterocycles. The van der Waals surface area contributed by atoms with E-state index < -0.39 is 0 Å². The minimum atomic E-state index is -0.0752. The first-order valence-corrected chi connectivity index (χ1v) is 7.51. The lowest BCUT2D eigenvalue weighted by Crippen LogP contribution is -2.31. The SMILES string of the molecule is Cc1ccc(N)cc1C(=O)NCC1CCOc2ccccc21.Cl. The van der Waals surface area contributed by atoms with Crippen LogP contribution in [0.1, 0.15) is 33.8 Å². The Morgan fingerprint density at radius 1 is 1.30 bits per heavy atom. The molecule has 0 saturated carbocycles.